The van der Waals surface area contributed by atoms with Crippen LogP contribution in [0.4, 0.5) is 11.4 Å². The van der Waals surface area contributed by atoms with E-state index in [2.05, 4.69) is 26.7 Å². The van der Waals surface area contributed by atoms with E-state index in [9.17, 15) is 4.79 Å². The van der Waals surface area contributed by atoms with Gasteiger partial charge in [-0.15, -0.1) is 0 Å². The van der Waals surface area contributed by atoms with Crippen molar-refractivity contribution in [2.45, 2.75) is 32.9 Å². The minimum absolute atomic E-state index is 0.103. The van der Waals surface area contributed by atoms with Crippen molar-refractivity contribution in [1.29, 1.82) is 0 Å². The number of carbonyl (C=O) groups excluding carboxylic acids is 1. The van der Waals surface area contributed by atoms with Gasteiger partial charge in [-0.2, -0.15) is 0 Å². The number of nitrogens with zero attached hydrogens (tertiary/aromatic N) is 4. The number of carbonyl (C=O) groups is 1. The van der Waals surface area contributed by atoms with Crippen LogP contribution < -0.4 is 20.3 Å². The Balaban J connectivity index is 1.60. The first-order chi connectivity index (χ1) is 18.7. The molecule has 5 rings (SSSR count). The van der Waals surface area contributed by atoms with E-state index in [1.54, 1.807) is 19.5 Å². The largest absolute Gasteiger partial charge is 0.494 e. The lowest BCUT2D eigenvalue weighted by Gasteiger charge is -2.29. The summed E-state index contributed by atoms with van der Waals surface area (Å²) in [4.78, 5) is 23.9. The van der Waals surface area contributed by atoms with Gasteiger partial charge in [-0.25, -0.2) is 4.98 Å². The van der Waals surface area contributed by atoms with Crippen molar-refractivity contribution in [2.75, 3.05) is 17.3 Å². The molecule has 8 nitrogen and oxygen atoms in total. The molecule has 1 amide bonds. The quantitative estimate of drug-likeness (QED) is 0.276. The molecule has 0 bridgehead atoms. The highest BCUT2D eigenvalue weighted by molar-refractivity contribution is 7.80. The summed E-state index contributed by atoms with van der Waals surface area (Å²) in [7, 11) is 1.58. The SMILES string of the molecule is COc1cc(N2C(=S)N[C@@H](c3ccccn3)[C@H]2c2cccn2-c2ccc(Cl)cn2)ccc1NC(=O)C(C)(C)C. The summed E-state index contributed by atoms with van der Waals surface area (Å²) in [5, 5.41) is 7.56. The second kappa shape index (κ2) is 10.7. The Kier molecular flexibility index (Phi) is 7.29. The van der Waals surface area contributed by atoms with E-state index < -0.39 is 5.41 Å². The number of ether oxygens (including phenoxy) is 1. The summed E-state index contributed by atoms with van der Waals surface area (Å²) >= 11 is 12.0. The number of hydrogen-bond acceptors (Lipinski definition) is 5. The molecule has 1 saturated heterocycles. The van der Waals surface area contributed by atoms with Crippen LogP contribution in [-0.4, -0.2) is 32.7 Å². The number of thiocarbonyl (C=S) groups is 1. The molecule has 0 radical (unpaired) electrons. The molecule has 1 aliphatic heterocycles. The Morgan fingerprint density at radius 1 is 1.10 bits per heavy atom. The summed E-state index contributed by atoms with van der Waals surface area (Å²) < 4.78 is 7.71. The molecule has 2 atom stereocenters. The Hall–Kier alpha value is -3.95. The molecular weight excluding hydrogens is 532 g/mol. The monoisotopic (exact) mass is 560 g/mol. The average molecular weight is 561 g/mol. The third-order valence-corrected chi connectivity index (χ3v) is 7.07. The van der Waals surface area contributed by atoms with Crippen LogP contribution in [0.3, 0.4) is 0 Å². The topological polar surface area (TPSA) is 84.3 Å². The second-order valence-corrected chi connectivity index (χ2v) is 11.0. The maximum Gasteiger partial charge on any atom is 0.229 e. The Bertz CT molecular complexity index is 1500. The van der Waals surface area contributed by atoms with Gasteiger partial charge in [0.15, 0.2) is 5.11 Å². The van der Waals surface area contributed by atoms with Crippen LogP contribution in [-0.2, 0) is 4.79 Å². The summed E-state index contributed by atoms with van der Waals surface area (Å²) in [6.07, 6.45) is 5.36. The summed E-state index contributed by atoms with van der Waals surface area (Å²) in [6.45, 7) is 5.60. The number of benzene rings is 1. The molecule has 4 aromatic rings. The first-order valence-corrected chi connectivity index (χ1v) is 13.3. The minimum atomic E-state index is -0.549. The van der Waals surface area contributed by atoms with E-state index in [0.29, 0.717) is 21.6 Å². The zero-order chi connectivity index (χ0) is 27.7. The molecule has 0 unspecified atom stereocenters. The molecule has 1 aliphatic rings. The van der Waals surface area contributed by atoms with Gasteiger partial charge >= 0.3 is 0 Å². The molecule has 1 aromatic carbocycles. The van der Waals surface area contributed by atoms with Gasteiger partial charge in [0.05, 0.1) is 29.6 Å². The van der Waals surface area contributed by atoms with Crippen molar-refractivity contribution >= 4 is 46.2 Å². The number of anilines is 2. The molecule has 10 heteroatoms. The molecule has 4 heterocycles. The maximum absolute atomic E-state index is 12.7. The molecule has 3 aromatic heterocycles. The van der Waals surface area contributed by atoms with Crippen LogP contribution >= 0.6 is 23.8 Å². The molecule has 200 valence electrons. The maximum atomic E-state index is 12.7. The van der Waals surface area contributed by atoms with E-state index in [1.165, 1.54) is 0 Å². The van der Waals surface area contributed by atoms with Crippen LogP contribution in [0.1, 0.15) is 44.2 Å². The van der Waals surface area contributed by atoms with E-state index in [-0.39, 0.29) is 18.0 Å². The first-order valence-electron chi connectivity index (χ1n) is 12.5. The standard InChI is InChI=1S/C29H29ClN6O2S/c1-29(2,3)27(37)33-20-12-11-19(16-23(20)38-4)36-26(25(34-28(36)39)21-8-5-6-14-31-21)22-9-7-15-35(22)24-13-10-18(30)17-32-24/h5-17,25-26H,1-4H3,(H,33,37)(H,34,39)/t25-,26+/m0/s1. The van der Waals surface area contributed by atoms with Gasteiger partial charge in [-0.05, 0) is 60.7 Å². The van der Waals surface area contributed by atoms with Crippen molar-refractivity contribution in [3.05, 3.63) is 95.7 Å². The third-order valence-electron chi connectivity index (χ3n) is 6.53. The fraction of sp³-hybridized carbons (Fsp3) is 0.241. The van der Waals surface area contributed by atoms with Gasteiger partial charge in [0.2, 0.25) is 5.91 Å². The Morgan fingerprint density at radius 3 is 2.59 bits per heavy atom. The van der Waals surface area contributed by atoms with Crippen LogP contribution in [0.5, 0.6) is 5.75 Å². The van der Waals surface area contributed by atoms with Gasteiger partial charge < -0.3 is 24.8 Å². The smallest absolute Gasteiger partial charge is 0.229 e. The van der Waals surface area contributed by atoms with Crippen LogP contribution in [0.15, 0.2) is 79.3 Å². The molecule has 2 N–H and O–H groups in total. The first kappa shape index (κ1) is 26.6. The fourth-order valence-electron chi connectivity index (χ4n) is 4.53. The average Bonchev–Trinajstić information content (AvgIpc) is 3.53. The van der Waals surface area contributed by atoms with Crippen LogP contribution in [0.25, 0.3) is 5.82 Å². The van der Waals surface area contributed by atoms with Crippen molar-refractivity contribution in [3.8, 4) is 11.6 Å². The van der Waals surface area contributed by atoms with Gasteiger partial charge in [0.25, 0.3) is 0 Å². The predicted molar refractivity (Wildman–Crippen MR) is 158 cm³/mol. The van der Waals surface area contributed by atoms with Crippen molar-refractivity contribution in [2.24, 2.45) is 5.41 Å². The molecule has 0 saturated carbocycles. The Morgan fingerprint density at radius 2 is 1.92 bits per heavy atom. The number of nitrogens with one attached hydrogen (secondary N) is 2. The minimum Gasteiger partial charge on any atom is -0.494 e. The van der Waals surface area contributed by atoms with Crippen LogP contribution in [0.2, 0.25) is 5.02 Å². The van der Waals surface area contributed by atoms with Crippen molar-refractivity contribution in [3.63, 3.8) is 0 Å². The van der Waals surface area contributed by atoms with E-state index >= 15 is 0 Å². The lowest BCUT2D eigenvalue weighted by atomic mass is 9.95. The molecule has 0 aliphatic carbocycles. The highest BCUT2D eigenvalue weighted by Gasteiger charge is 2.42. The highest BCUT2D eigenvalue weighted by Crippen LogP contribution is 2.44. The normalized spacial score (nSPS) is 17.2. The number of rotatable bonds is 6. The summed E-state index contributed by atoms with van der Waals surface area (Å²) in [5.41, 5.74) is 2.65. The number of hydrogen-bond donors (Lipinski definition) is 2. The van der Waals surface area contributed by atoms with Gasteiger partial charge in [0, 0.05) is 41.5 Å². The van der Waals surface area contributed by atoms with Crippen molar-refractivity contribution < 1.29 is 9.53 Å². The predicted octanol–water partition coefficient (Wildman–Crippen LogP) is 6.09. The fourth-order valence-corrected chi connectivity index (χ4v) is 4.99. The zero-order valence-corrected chi connectivity index (χ0v) is 23.6. The van der Waals surface area contributed by atoms with E-state index in [4.69, 9.17) is 28.6 Å². The van der Waals surface area contributed by atoms with Gasteiger partial charge in [0.1, 0.15) is 17.6 Å². The number of methoxy groups -OCH3 is 1. The highest BCUT2D eigenvalue weighted by atomic mass is 35.5. The molecule has 1 fully saturated rings. The molecule has 39 heavy (non-hydrogen) atoms. The molecule has 0 spiro atoms. The van der Waals surface area contributed by atoms with E-state index in [1.807, 2.05) is 91.0 Å². The summed E-state index contributed by atoms with van der Waals surface area (Å²) in [5.74, 6) is 1.16. The number of pyridine rings is 2. The number of halogens is 1. The van der Waals surface area contributed by atoms with Crippen molar-refractivity contribution in [1.82, 2.24) is 19.9 Å². The Labute approximate surface area is 238 Å². The lowest BCUT2D eigenvalue weighted by Crippen LogP contribution is -2.30. The zero-order valence-electron chi connectivity index (χ0n) is 22.1. The molecular formula is C29H29ClN6O2S. The van der Waals surface area contributed by atoms with Crippen LogP contribution in [0, 0.1) is 5.41 Å². The van der Waals surface area contributed by atoms with E-state index in [0.717, 1.165) is 22.9 Å². The number of amides is 1. The third kappa shape index (κ3) is 5.32. The summed E-state index contributed by atoms with van der Waals surface area (Å²) in [6, 6.07) is 18.7. The lowest BCUT2D eigenvalue weighted by molar-refractivity contribution is -0.123. The van der Waals surface area contributed by atoms with Gasteiger partial charge in [-0.1, -0.05) is 38.4 Å². The van der Waals surface area contributed by atoms with Gasteiger partial charge in [-0.3, -0.25) is 9.78 Å². The second-order valence-electron chi connectivity index (χ2n) is 10.2. The number of aromatic nitrogens is 3.